The van der Waals surface area contributed by atoms with Gasteiger partial charge in [0.25, 0.3) is 0 Å². The van der Waals surface area contributed by atoms with E-state index in [9.17, 15) is 0 Å². The monoisotopic (exact) mass is 123 g/mol. The fraction of sp³-hybridized carbons (Fsp3) is 0.667. The number of hydrogen-bond donors (Lipinski definition) is 0. The van der Waals surface area contributed by atoms with Crippen molar-refractivity contribution in [3.63, 3.8) is 0 Å². The van der Waals surface area contributed by atoms with E-state index in [0.29, 0.717) is 5.41 Å². The SMILES string of the molecule is C[CH]C1(C)C=CCCC1. The van der Waals surface area contributed by atoms with Gasteiger partial charge in [0.1, 0.15) is 0 Å². The van der Waals surface area contributed by atoms with Crippen LogP contribution >= 0.6 is 0 Å². The lowest BCUT2D eigenvalue weighted by molar-refractivity contribution is 0.427. The van der Waals surface area contributed by atoms with Gasteiger partial charge in [0.15, 0.2) is 0 Å². The Balaban J connectivity index is 2.56. The maximum absolute atomic E-state index is 2.33. The molecule has 1 unspecified atom stereocenters. The molecule has 0 amide bonds. The summed E-state index contributed by atoms with van der Waals surface area (Å²) in [4.78, 5) is 0. The molecular formula is C9H15. The zero-order valence-electron chi connectivity index (χ0n) is 6.35. The van der Waals surface area contributed by atoms with Crippen LogP contribution in [0.2, 0.25) is 0 Å². The minimum Gasteiger partial charge on any atom is -0.0880 e. The summed E-state index contributed by atoms with van der Waals surface area (Å²) in [6, 6.07) is 0. The van der Waals surface area contributed by atoms with E-state index in [1.807, 2.05) is 0 Å². The van der Waals surface area contributed by atoms with Crippen molar-refractivity contribution in [1.82, 2.24) is 0 Å². The van der Waals surface area contributed by atoms with E-state index in [0.717, 1.165) is 0 Å². The van der Waals surface area contributed by atoms with Crippen molar-refractivity contribution in [2.75, 3.05) is 0 Å². The largest absolute Gasteiger partial charge is 0.0880 e. The van der Waals surface area contributed by atoms with Crippen molar-refractivity contribution >= 4 is 0 Å². The van der Waals surface area contributed by atoms with Crippen LogP contribution < -0.4 is 0 Å². The molecule has 1 rings (SSSR count). The van der Waals surface area contributed by atoms with Crippen molar-refractivity contribution < 1.29 is 0 Å². The van der Waals surface area contributed by atoms with Gasteiger partial charge in [-0.3, -0.25) is 0 Å². The molecule has 51 valence electrons. The normalized spacial score (nSPS) is 34.9. The van der Waals surface area contributed by atoms with Gasteiger partial charge in [-0.2, -0.15) is 0 Å². The third-order valence-electron chi connectivity index (χ3n) is 2.24. The molecule has 0 aromatic carbocycles. The summed E-state index contributed by atoms with van der Waals surface area (Å²) in [7, 11) is 0. The summed E-state index contributed by atoms with van der Waals surface area (Å²) in [6.45, 7) is 4.44. The molecular weight excluding hydrogens is 108 g/mol. The van der Waals surface area contributed by atoms with Gasteiger partial charge < -0.3 is 0 Å². The molecule has 0 fully saturated rings. The Kier molecular flexibility index (Phi) is 1.94. The van der Waals surface area contributed by atoms with Crippen LogP contribution in [0.4, 0.5) is 0 Å². The van der Waals surface area contributed by atoms with E-state index in [1.165, 1.54) is 19.3 Å². The van der Waals surface area contributed by atoms with Gasteiger partial charge in [-0.15, -0.1) is 0 Å². The second kappa shape index (κ2) is 2.55. The molecule has 0 spiro atoms. The smallest absolute Gasteiger partial charge is 0.0118 e. The average Bonchev–Trinajstić information content (AvgIpc) is 1.90. The minimum atomic E-state index is 0.415. The second-order valence-corrected chi connectivity index (χ2v) is 3.09. The highest BCUT2D eigenvalue weighted by Gasteiger charge is 2.19. The molecule has 0 heteroatoms. The summed E-state index contributed by atoms with van der Waals surface area (Å²) < 4.78 is 0. The fourth-order valence-corrected chi connectivity index (χ4v) is 1.28. The molecule has 9 heavy (non-hydrogen) atoms. The van der Waals surface area contributed by atoms with Gasteiger partial charge in [-0.25, -0.2) is 0 Å². The standard InChI is InChI=1S/C9H15/c1-3-9(2)7-5-4-6-8-9/h3,5,7H,4,6,8H2,1-2H3. The van der Waals surface area contributed by atoms with Crippen molar-refractivity contribution in [1.29, 1.82) is 0 Å². The first-order valence-electron chi connectivity index (χ1n) is 3.75. The Bertz CT molecular complexity index is 113. The van der Waals surface area contributed by atoms with Crippen LogP contribution in [0.1, 0.15) is 33.1 Å². The molecule has 0 nitrogen and oxygen atoms in total. The average molecular weight is 123 g/mol. The Morgan fingerprint density at radius 3 is 2.67 bits per heavy atom. The van der Waals surface area contributed by atoms with E-state index in [-0.39, 0.29) is 0 Å². The molecule has 0 aliphatic heterocycles. The van der Waals surface area contributed by atoms with Crippen molar-refractivity contribution in [2.45, 2.75) is 33.1 Å². The second-order valence-electron chi connectivity index (χ2n) is 3.09. The molecule has 1 aliphatic rings. The van der Waals surface area contributed by atoms with Crippen LogP contribution in [0, 0.1) is 11.8 Å². The van der Waals surface area contributed by atoms with Gasteiger partial charge in [0.2, 0.25) is 0 Å². The van der Waals surface area contributed by atoms with Crippen LogP contribution in [0.5, 0.6) is 0 Å². The van der Waals surface area contributed by atoms with E-state index >= 15 is 0 Å². The van der Waals surface area contributed by atoms with Crippen LogP contribution in [0.25, 0.3) is 0 Å². The molecule has 0 bridgehead atoms. The van der Waals surface area contributed by atoms with Crippen LogP contribution in [0.3, 0.4) is 0 Å². The lowest BCUT2D eigenvalue weighted by atomic mass is 9.79. The summed E-state index contributed by atoms with van der Waals surface area (Å²) in [5, 5.41) is 0. The quantitative estimate of drug-likeness (QED) is 0.470. The highest BCUT2D eigenvalue weighted by molar-refractivity contribution is 5.06. The highest BCUT2D eigenvalue weighted by Crippen LogP contribution is 2.32. The Morgan fingerprint density at radius 1 is 1.56 bits per heavy atom. The summed E-state index contributed by atoms with van der Waals surface area (Å²) >= 11 is 0. The van der Waals surface area contributed by atoms with Crippen molar-refractivity contribution in [3.05, 3.63) is 18.6 Å². The lowest BCUT2D eigenvalue weighted by Crippen LogP contribution is -2.14. The summed E-state index contributed by atoms with van der Waals surface area (Å²) in [5.74, 6) is 0. The van der Waals surface area contributed by atoms with Crippen molar-refractivity contribution in [2.24, 2.45) is 5.41 Å². The third-order valence-corrected chi connectivity index (χ3v) is 2.24. The van der Waals surface area contributed by atoms with Gasteiger partial charge in [0.05, 0.1) is 0 Å². The third kappa shape index (κ3) is 1.57. The predicted octanol–water partition coefficient (Wildman–Crippen LogP) is 2.96. The molecule has 0 saturated carbocycles. The van der Waals surface area contributed by atoms with Gasteiger partial charge in [-0.05, 0) is 31.1 Å². The van der Waals surface area contributed by atoms with Gasteiger partial charge >= 0.3 is 0 Å². The maximum atomic E-state index is 2.33. The fourth-order valence-electron chi connectivity index (χ4n) is 1.28. The molecule has 0 aromatic rings. The Hall–Kier alpha value is -0.260. The highest BCUT2D eigenvalue weighted by atomic mass is 14.2. The first-order valence-corrected chi connectivity index (χ1v) is 3.75. The molecule has 1 radical (unpaired) electrons. The first-order chi connectivity index (χ1) is 4.27. The first kappa shape index (κ1) is 6.85. The molecule has 0 saturated heterocycles. The molecule has 1 atom stereocenters. The summed E-state index contributed by atoms with van der Waals surface area (Å²) in [5.41, 5.74) is 0.415. The molecule has 0 aromatic heterocycles. The predicted molar refractivity (Wildman–Crippen MR) is 41.1 cm³/mol. The van der Waals surface area contributed by atoms with Gasteiger partial charge in [0, 0.05) is 0 Å². The van der Waals surface area contributed by atoms with Crippen LogP contribution in [-0.4, -0.2) is 0 Å². The molecule has 0 N–H and O–H groups in total. The van der Waals surface area contributed by atoms with E-state index in [4.69, 9.17) is 0 Å². The maximum Gasteiger partial charge on any atom is -0.0118 e. The topological polar surface area (TPSA) is 0 Å². The van der Waals surface area contributed by atoms with E-state index in [2.05, 4.69) is 32.4 Å². The van der Waals surface area contributed by atoms with Crippen LogP contribution in [0.15, 0.2) is 12.2 Å². The van der Waals surface area contributed by atoms with Crippen molar-refractivity contribution in [3.8, 4) is 0 Å². The molecule has 0 heterocycles. The Morgan fingerprint density at radius 2 is 2.33 bits per heavy atom. The molecule has 1 aliphatic carbocycles. The lowest BCUT2D eigenvalue weighted by Gasteiger charge is -2.26. The van der Waals surface area contributed by atoms with Gasteiger partial charge in [-0.1, -0.05) is 26.0 Å². The Labute approximate surface area is 58.0 Å². The number of allylic oxidation sites excluding steroid dienone is 2. The minimum absolute atomic E-state index is 0.415. The summed E-state index contributed by atoms with van der Waals surface area (Å²) in [6.07, 6.45) is 10.9. The van der Waals surface area contributed by atoms with Crippen LogP contribution in [-0.2, 0) is 0 Å². The number of hydrogen-bond acceptors (Lipinski definition) is 0. The van der Waals surface area contributed by atoms with E-state index in [1.54, 1.807) is 0 Å². The number of rotatable bonds is 1. The zero-order valence-corrected chi connectivity index (χ0v) is 6.35. The van der Waals surface area contributed by atoms with E-state index < -0.39 is 0 Å². The zero-order chi connectivity index (χ0) is 6.74.